The quantitative estimate of drug-likeness (QED) is 0.449. The number of carbonyl (C=O) groups excluding carboxylic acids is 1. The number of carbonyl (C=O) groups is 2. The molecular formula is C15H15N3O4S. The molecule has 2 rings (SSSR count). The topological polar surface area (TPSA) is 100 Å². The summed E-state index contributed by atoms with van der Waals surface area (Å²) in [7, 11) is 0. The molecule has 1 amide bonds. The minimum absolute atomic E-state index is 0.253. The number of amides is 1. The van der Waals surface area contributed by atoms with E-state index in [-0.39, 0.29) is 17.5 Å². The highest BCUT2D eigenvalue weighted by molar-refractivity contribution is 8.15. The van der Waals surface area contributed by atoms with Crippen molar-refractivity contribution in [3.05, 3.63) is 42.5 Å². The predicted molar refractivity (Wildman–Crippen MR) is 88.9 cm³/mol. The third-order valence-electron chi connectivity index (χ3n) is 2.76. The number of carboxylic acids is 1. The van der Waals surface area contributed by atoms with Crippen LogP contribution in [-0.4, -0.2) is 40.2 Å². The van der Waals surface area contributed by atoms with E-state index in [0.29, 0.717) is 12.4 Å². The Bertz CT molecular complexity index is 672. The lowest BCUT2D eigenvalue weighted by molar-refractivity contribution is -0.138. The average Bonchev–Trinajstić information content (AvgIpc) is 2.85. The van der Waals surface area contributed by atoms with Crippen LogP contribution in [0.5, 0.6) is 5.75 Å². The van der Waals surface area contributed by atoms with Gasteiger partial charge in [-0.1, -0.05) is 36.5 Å². The van der Waals surface area contributed by atoms with Crippen molar-refractivity contribution in [2.24, 2.45) is 10.2 Å². The molecule has 1 aliphatic heterocycles. The number of thioether (sulfide) groups is 1. The largest absolute Gasteiger partial charge is 0.489 e. The Labute approximate surface area is 137 Å². The van der Waals surface area contributed by atoms with Gasteiger partial charge in [0, 0.05) is 5.56 Å². The van der Waals surface area contributed by atoms with Crippen LogP contribution in [0.15, 0.2) is 47.1 Å². The van der Waals surface area contributed by atoms with Crippen molar-refractivity contribution in [2.45, 2.75) is 11.7 Å². The molecule has 1 aliphatic rings. The number of hydrogen-bond acceptors (Lipinski definition) is 6. The Morgan fingerprint density at radius 3 is 3.00 bits per heavy atom. The number of ether oxygens (including phenoxy) is 1. The molecule has 1 atom stereocenters. The van der Waals surface area contributed by atoms with Crippen LogP contribution in [0.25, 0.3) is 0 Å². The van der Waals surface area contributed by atoms with Crippen molar-refractivity contribution >= 4 is 35.0 Å². The maximum atomic E-state index is 11.6. The standard InChI is InChI=1S/C15H15N3O4S/c1-2-7-22-11-6-4-3-5-10(11)9-16-18-15-17-14(21)12(23-15)8-13(19)20/h2-6,9,12H,1,7-8H2,(H,19,20)(H,17,18,21). The van der Waals surface area contributed by atoms with Crippen LogP contribution in [-0.2, 0) is 9.59 Å². The number of carboxylic acid groups (broad SMARTS) is 1. The third-order valence-corrected chi connectivity index (χ3v) is 3.83. The predicted octanol–water partition coefficient (Wildman–Crippen LogP) is 1.65. The SMILES string of the molecule is C=CCOc1ccccc1C=NN=C1NC(=O)C(CC(=O)O)S1. The highest BCUT2D eigenvalue weighted by Crippen LogP contribution is 2.22. The van der Waals surface area contributed by atoms with Gasteiger partial charge < -0.3 is 15.2 Å². The maximum Gasteiger partial charge on any atom is 0.305 e. The first kappa shape index (κ1) is 16.8. The lowest BCUT2D eigenvalue weighted by Crippen LogP contribution is -2.26. The van der Waals surface area contributed by atoms with E-state index in [4.69, 9.17) is 9.84 Å². The summed E-state index contributed by atoms with van der Waals surface area (Å²) in [6, 6.07) is 7.29. The normalized spacial score (nSPS) is 19.0. The zero-order valence-electron chi connectivity index (χ0n) is 12.1. The minimum Gasteiger partial charge on any atom is -0.489 e. The number of nitrogens with zero attached hydrogens (tertiary/aromatic N) is 2. The number of hydrogen-bond donors (Lipinski definition) is 2. The van der Waals surface area contributed by atoms with Crippen LogP contribution in [0.1, 0.15) is 12.0 Å². The maximum absolute atomic E-state index is 11.6. The molecule has 1 heterocycles. The van der Waals surface area contributed by atoms with Crippen LogP contribution in [0.2, 0.25) is 0 Å². The molecule has 0 radical (unpaired) electrons. The van der Waals surface area contributed by atoms with E-state index in [9.17, 15) is 9.59 Å². The fraction of sp³-hybridized carbons (Fsp3) is 0.200. The van der Waals surface area contributed by atoms with Crippen LogP contribution in [0.3, 0.4) is 0 Å². The summed E-state index contributed by atoms with van der Waals surface area (Å²) in [6.07, 6.45) is 2.89. The molecule has 2 N–H and O–H groups in total. The second kappa shape index (κ2) is 8.14. The van der Waals surface area contributed by atoms with E-state index in [1.165, 1.54) is 6.21 Å². The van der Waals surface area contributed by atoms with E-state index in [1.54, 1.807) is 12.1 Å². The lowest BCUT2D eigenvalue weighted by Gasteiger charge is -2.05. The summed E-state index contributed by atoms with van der Waals surface area (Å²) in [5, 5.41) is 18.6. The summed E-state index contributed by atoms with van der Waals surface area (Å²) in [5.41, 5.74) is 0.732. The van der Waals surface area contributed by atoms with Crippen molar-refractivity contribution in [1.29, 1.82) is 0 Å². The smallest absolute Gasteiger partial charge is 0.305 e. The van der Waals surface area contributed by atoms with Crippen molar-refractivity contribution in [1.82, 2.24) is 5.32 Å². The van der Waals surface area contributed by atoms with Gasteiger partial charge in [-0.05, 0) is 12.1 Å². The van der Waals surface area contributed by atoms with Gasteiger partial charge in [-0.15, -0.1) is 5.10 Å². The van der Waals surface area contributed by atoms with Crippen LogP contribution in [0.4, 0.5) is 0 Å². The van der Waals surface area contributed by atoms with Crippen molar-refractivity contribution in [2.75, 3.05) is 6.61 Å². The van der Waals surface area contributed by atoms with Crippen molar-refractivity contribution < 1.29 is 19.4 Å². The summed E-state index contributed by atoms with van der Waals surface area (Å²) < 4.78 is 5.49. The number of para-hydroxylation sites is 1. The average molecular weight is 333 g/mol. The summed E-state index contributed by atoms with van der Waals surface area (Å²) in [6.45, 7) is 3.97. The number of rotatable bonds is 7. The molecule has 1 aromatic carbocycles. The van der Waals surface area contributed by atoms with Gasteiger partial charge in [-0.2, -0.15) is 5.10 Å². The molecule has 1 fully saturated rings. The molecule has 1 unspecified atom stereocenters. The molecule has 0 aliphatic carbocycles. The monoisotopic (exact) mass is 333 g/mol. The first-order chi connectivity index (χ1) is 11.1. The molecule has 1 aromatic rings. The second-order valence-corrected chi connectivity index (χ2v) is 5.67. The highest BCUT2D eigenvalue weighted by atomic mass is 32.2. The van der Waals surface area contributed by atoms with E-state index in [1.807, 2.05) is 18.2 Å². The summed E-state index contributed by atoms with van der Waals surface area (Å²) >= 11 is 1.05. The van der Waals surface area contributed by atoms with Crippen LogP contribution >= 0.6 is 11.8 Å². The Balaban J connectivity index is 2.03. The fourth-order valence-corrected chi connectivity index (χ4v) is 2.67. The molecule has 0 aromatic heterocycles. The van der Waals surface area contributed by atoms with Gasteiger partial charge in [0.05, 0.1) is 12.6 Å². The molecule has 0 bridgehead atoms. The molecule has 0 saturated carbocycles. The van der Waals surface area contributed by atoms with Gasteiger partial charge in [0.15, 0.2) is 5.17 Å². The number of amidine groups is 1. The Kier molecular flexibility index (Phi) is 5.93. The van der Waals surface area contributed by atoms with E-state index in [0.717, 1.165) is 17.3 Å². The first-order valence-corrected chi connectivity index (χ1v) is 7.61. The van der Waals surface area contributed by atoms with Crippen molar-refractivity contribution in [3.8, 4) is 5.75 Å². The molecule has 1 saturated heterocycles. The molecule has 0 spiro atoms. The van der Waals surface area contributed by atoms with Crippen molar-refractivity contribution in [3.63, 3.8) is 0 Å². The molecule has 23 heavy (non-hydrogen) atoms. The summed E-state index contributed by atoms with van der Waals surface area (Å²) in [5.74, 6) is -0.764. The Hall–Kier alpha value is -2.61. The number of benzene rings is 1. The van der Waals surface area contributed by atoms with Gasteiger partial charge in [0.25, 0.3) is 0 Å². The second-order valence-electron chi connectivity index (χ2n) is 4.48. The number of aliphatic carboxylic acids is 1. The molecule has 120 valence electrons. The lowest BCUT2D eigenvalue weighted by atomic mass is 10.2. The van der Waals surface area contributed by atoms with Crippen LogP contribution < -0.4 is 10.1 Å². The van der Waals surface area contributed by atoms with E-state index < -0.39 is 11.2 Å². The Morgan fingerprint density at radius 1 is 1.48 bits per heavy atom. The zero-order valence-corrected chi connectivity index (χ0v) is 13.0. The highest BCUT2D eigenvalue weighted by Gasteiger charge is 2.32. The molecule has 8 heteroatoms. The molecule has 7 nitrogen and oxygen atoms in total. The molecular weight excluding hydrogens is 318 g/mol. The third kappa shape index (κ3) is 4.96. The van der Waals surface area contributed by atoms with Gasteiger partial charge in [-0.25, -0.2) is 0 Å². The Morgan fingerprint density at radius 2 is 2.26 bits per heavy atom. The van der Waals surface area contributed by atoms with Gasteiger partial charge in [0.2, 0.25) is 5.91 Å². The van der Waals surface area contributed by atoms with E-state index >= 15 is 0 Å². The first-order valence-electron chi connectivity index (χ1n) is 6.73. The van der Waals surface area contributed by atoms with Gasteiger partial charge in [-0.3, -0.25) is 9.59 Å². The number of nitrogens with one attached hydrogen (secondary N) is 1. The van der Waals surface area contributed by atoms with Gasteiger partial charge >= 0.3 is 5.97 Å². The van der Waals surface area contributed by atoms with Crippen LogP contribution in [0, 0.1) is 0 Å². The minimum atomic E-state index is -1.03. The fourth-order valence-electron chi connectivity index (χ4n) is 1.76. The zero-order chi connectivity index (χ0) is 16.7. The van der Waals surface area contributed by atoms with Gasteiger partial charge in [0.1, 0.15) is 17.6 Å². The summed E-state index contributed by atoms with van der Waals surface area (Å²) in [4.78, 5) is 22.2. The van der Waals surface area contributed by atoms with E-state index in [2.05, 4.69) is 22.1 Å².